The molecule has 1 fully saturated rings. The molecule has 1 N–H and O–H groups in total. The van der Waals surface area contributed by atoms with Crippen LogP contribution >= 0.6 is 11.8 Å². The minimum atomic E-state index is -0.164. The molecule has 0 saturated heterocycles. The van der Waals surface area contributed by atoms with Gasteiger partial charge in [0.05, 0.1) is 10.9 Å². The van der Waals surface area contributed by atoms with Crippen molar-refractivity contribution in [2.24, 2.45) is 0 Å². The summed E-state index contributed by atoms with van der Waals surface area (Å²) in [5.74, 6) is 0.904. The SMILES string of the molecule is Cc1nc(SC(C)C(=O)NC2CCCC2)oc1C. The van der Waals surface area contributed by atoms with Crippen LogP contribution in [0.3, 0.4) is 0 Å². The number of carbonyl (C=O) groups is 1. The van der Waals surface area contributed by atoms with Crippen LogP contribution in [0, 0.1) is 13.8 Å². The van der Waals surface area contributed by atoms with E-state index in [9.17, 15) is 4.79 Å². The predicted octanol–water partition coefficient (Wildman–Crippen LogP) is 2.83. The fourth-order valence-electron chi connectivity index (χ4n) is 2.09. The lowest BCUT2D eigenvalue weighted by Gasteiger charge is -2.15. The molecule has 1 aromatic rings. The fraction of sp³-hybridized carbons (Fsp3) is 0.692. The van der Waals surface area contributed by atoms with Crippen LogP contribution in [0.15, 0.2) is 9.64 Å². The Balaban J connectivity index is 1.86. The zero-order chi connectivity index (χ0) is 13.1. The number of nitrogens with one attached hydrogen (secondary N) is 1. The van der Waals surface area contributed by atoms with Crippen molar-refractivity contribution >= 4 is 17.7 Å². The van der Waals surface area contributed by atoms with Gasteiger partial charge in [0.25, 0.3) is 5.22 Å². The van der Waals surface area contributed by atoms with Crippen LogP contribution in [0.4, 0.5) is 0 Å². The van der Waals surface area contributed by atoms with Gasteiger partial charge in [0, 0.05) is 6.04 Å². The summed E-state index contributed by atoms with van der Waals surface area (Å²) >= 11 is 1.38. The molecule has 0 aromatic carbocycles. The second-order valence-electron chi connectivity index (χ2n) is 4.87. The molecule has 1 aliphatic carbocycles. The molecule has 0 bridgehead atoms. The van der Waals surface area contributed by atoms with Crippen LogP contribution in [-0.4, -0.2) is 22.2 Å². The summed E-state index contributed by atoms with van der Waals surface area (Å²) in [5.41, 5.74) is 0.890. The molecule has 1 aromatic heterocycles. The third-order valence-corrected chi connectivity index (χ3v) is 4.30. The minimum absolute atomic E-state index is 0.0837. The first kappa shape index (κ1) is 13.5. The highest BCUT2D eigenvalue weighted by molar-refractivity contribution is 8.00. The normalized spacial score (nSPS) is 17.9. The van der Waals surface area contributed by atoms with E-state index < -0.39 is 0 Å². The molecule has 0 aliphatic heterocycles. The summed E-state index contributed by atoms with van der Waals surface area (Å²) in [7, 11) is 0. The maximum absolute atomic E-state index is 12.0. The smallest absolute Gasteiger partial charge is 0.256 e. The van der Waals surface area contributed by atoms with E-state index >= 15 is 0 Å². The first-order valence-electron chi connectivity index (χ1n) is 6.47. The Morgan fingerprint density at radius 2 is 2.11 bits per heavy atom. The first-order valence-corrected chi connectivity index (χ1v) is 7.35. The monoisotopic (exact) mass is 268 g/mol. The number of amides is 1. The summed E-state index contributed by atoms with van der Waals surface area (Å²) in [5, 5.41) is 3.51. The molecule has 4 nitrogen and oxygen atoms in total. The lowest BCUT2D eigenvalue weighted by atomic mass is 10.2. The zero-order valence-electron chi connectivity index (χ0n) is 11.2. The van der Waals surface area contributed by atoms with Crippen LogP contribution in [-0.2, 0) is 4.79 Å². The highest BCUT2D eigenvalue weighted by Gasteiger charge is 2.22. The van der Waals surface area contributed by atoms with Crippen molar-refractivity contribution in [2.75, 3.05) is 0 Å². The average Bonchev–Trinajstić information content (AvgIpc) is 2.90. The summed E-state index contributed by atoms with van der Waals surface area (Å²) in [6.45, 7) is 5.69. The molecule has 1 heterocycles. The van der Waals surface area contributed by atoms with Crippen molar-refractivity contribution in [3.05, 3.63) is 11.5 Å². The van der Waals surface area contributed by atoms with Crippen LogP contribution in [0.2, 0.25) is 0 Å². The van der Waals surface area contributed by atoms with Gasteiger partial charge in [-0.15, -0.1) is 0 Å². The zero-order valence-corrected chi connectivity index (χ0v) is 12.0. The van der Waals surface area contributed by atoms with Gasteiger partial charge in [-0.3, -0.25) is 4.79 Å². The van der Waals surface area contributed by atoms with Crippen molar-refractivity contribution in [2.45, 2.75) is 63.0 Å². The molecule has 18 heavy (non-hydrogen) atoms. The van der Waals surface area contributed by atoms with Crippen LogP contribution in [0.25, 0.3) is 0 Å². The Morgan fingerprint density at radius 3 is 2.67 bits per heavy atom. The van der Waals surface area contributed by atoms with Gasteiger partial charge in [0.1, 0.15) is 5.76 Å². The highest BCUT2D eigenvalue weighted by atomic mass is 32.2. The standard InChI is InChI=1S/C13H20N2O2S/c1-8-9(2)17-13(14-8)18-10(3)12(16)15-11-6-4-5-7-11/h10-11H,4-7H2,1-3H3,(H,15,16). The molecule has 1 atom stereocenters. The van der Waals surface area contributed by atoms with Gasteiger partial charge in [0.15, 0.2) is 0 Å². The van der Waals surface area contributed by atoms with Gasteiger partial charge >= 0.3 is 0 Å². The average molecular weight is 268 g/mol. The number of hydrogen-bond acceptors (Lipinski definition) is 4. The van der Waals surface area contributed by atoms with Gasteiger partial charge in [-0.1, -0.05) is 24.6 Å². The van der Waals surface area contributed by atoms with E-state index in [4.69, 9.17) is 4.42 Å². The largest absolute Gasteiger partial charge is 0.437 e. The molecule has 1 unspecified atom stereocenters. The van der Waals surface area contributed by atoms with Crippen LogP contribution in [0.1, 0.15) is 44.1 Å². The molecular weight excluding hydrogens is 248 g/mol. The third-order valence-electron chi connectivity index (χ3n) is 3.36. The predicted molar refractivity (Wildman–Crippen MR) is 71.7 cm³/mol. The van der Waals surface area contributed by atoms with E-state index in [1.54, 1.807) is 0 Å². The van der Waals surface area contributed by atoms with Crippen LogP contribution in [0.5, 0.6) is 0 Å². The molecule has 0 radical (unpaired) electrons. The lowest BCUT2D eigenvalue weighted by Crippen LogP contribution is -2.37. The van der Waals surface area contributed by atoms with E-state index in [-0.39, 0.29) is 11.2 Å². The highest BCUT2D eigenvalue weighted by Crippen LogP contribution is 2.25. The Labute approximate surface area is 112 Å². The maximum Gasteiger partial charge on any atom is 0.256 e. The number of thioether (sulfide) groups is 1. The summed E-state index contributed by atoms with van der Waals surface area (Å²) < 4.78 is 5.48. The molecule has 0 spiro atoms. The molecule has 2 rings (SSSR count). The number of carbonyl (C=O) groups excluding carboxylic acids is 1. The van der Waals surface area contributed by atoms with Crippen molar-refractivity contribution in [1.29, 1.82) is 0 Å². The van der Waals surface area contributed by atoms with Crippen LogP contribution < -0.4 is 5.32 Å². The number of aryl methyl sites for hydroxylation is 2. The number of nitrogens with zero attached hydrogens (tertiary/aromatic N) is 1. The molecule has 1 aliphatic rings. The van der Waals surface area contributed by atoms with E-state index in [0.29, 0.717) is 11.3 Å². The number of hydrogen-bond donors (Lipinski definition) is 1. The lowest BCUT2D eigenvalue weighted by molar-refractivity contribution is -0.120. The summed E-state index contributed by atoms with van der Waals surface area (Å²) in [4.78, 5) is 16.3. The van der Waals surface area contributed by atoms with Gasteiger partial charge in [-0.05, 0) is 33.6 Å². The molecular formula is C13H20N2O2S. The van der Waals surface area contributed by atoms with Gasteiger partial charge in [-0.2, -0.15) is 0 Å². The second kappa shape index (κ2) is 5.78. The topological polar surface area (TPSA) is 55.1 Å². The number of oxazole rings is 1. The van der Waals surface area contributed by atoms with E-state index in [0.717, 1.165) is 24.3 Å². The fourth-order valence-corrected chi connectivity index (χ4v) is 2.93. The van der Waals surface area contributed by atoms with E-state index in [1.165, 1.54) is 24.6 Å². The van der Waals surface area contributed by atoms with Gasteiger partial charge < -0.3 is 9.73 Å². The van der Waals surface area contributed by atoms with E-state index in [1.807, 2.05) is 20.8 Å². The minimum Gasteiger partial charge on any atom is -0.437 e. The molecule has 1 saturated carbocycles. The summed E-state index contributed by atoms with van der Waals surface area (Å²) in [6, 6.07) is 0.369. The molecule has 100 valence electrons. The second-order valence-corrected chi connectivity index (χ2v) is 6.16. The Bertz CT molecular complexity index is 405. The van der Waals surface area contributed by atoms with Crippen molar-refractivity contribution in [3.8, 4) is 0 Å². The summed E-state index contributed by atoms with van der Waals surface area (Å²) in [6.07, 6.45) is 4.68. The molecule has 5 heteroatoms. The van der Waals surface area contributed by atoms with Crippen molar-refractivity contribution in [3.63, 3.8) is 0 Å². The van der Waals surface area contributed by atoms with Gasteiger partial charge in [-0.25, -0.2) is 4.98 Å². The Kier molecular flexibility index (Phi) is 4.32. The third kappa shape index (κ3) is 3.28. The van der Waals surface area contributed by atoms with Gasteiger partial charge in [0.2, 0.25) is 5.91 Å². The first-order chi connectivity index (χ1) is 8.56. The maximum atomic E-state index is 12.0. The number of aromatic nitrogens is 1. The quantitative estimate of drug-likeness (QED) is 0.853. The molecule has 1 amide bonds. The van der Waals surface area contributed by atoms with E-state index in [2.05, 4.69) is 10.3 Å². The number of rotatable bonds is 4. The van der Waals surface area contributed by atoms with Crippen molar-refractivity contribution in [1.82, 2.24) is 10.3 Å². The Hall–Kier alpha value is -0.970. The Morgan fingerprint density at radius 1 is 1.44 bits per heavy atom. The van der Waals surface area contributed by atoms with Crippen molar-refractivity contribution < 1.29 is 9.21 Å².